The van der Waals surface area contributed by atoms with E-state index in [1.807, 2.05) is 24.3 Å². The summed E-state index contributed by atoms with van der Waals surface area (Å²) < 4.78 is 19.3. The van der Waals surface area contributed by atoms with Gasteiger partial charge in [-0.25, -0.2) is 9.18 Å². The van der Waals surface area contributed by atoms with Gasteiger partial charge in [-0.2, -0.15) is 0 Å². The molecule has 0 spiro atoms. The van der Waals surface area contributed by atoms with Gasteiger partial charge in [0.05, 0.1) is 11.3 Å². The molecule has 126 valence electrons. The van der Waals surface area contributed by atoms with Crippen LogP contribution in [0, 0.1) is 5.82 Å². The Bertz CT molecular complexity index is 907. The van der Waals surface area contributed by atoms with Gasteiger partial charge >= 0.3 is 5.97 Å². The Kier molecular flexibility index (Phi) is 3.92. The number of rotatable bonds is 2. The molecule has 2 aliphatic heterocycles. The lowest BCUT2D eigenvalue weighted by Gasteiger charge is -2.32. The highest BCUT2D eigenvalue weighted by atomic mass is 79.9. The van der Waals surface area contributed by atoms with Crippen molar-refractivity contribution in [3.05, 3.63) is 75.7 Å². The molecule has 25 heavy (non-hydrogen) atoms. The van der Waals surface area contributed by atoms with Crippen LogP contribution in [0.4, 0.5) is 10.1 Å². The molecular formula is C19H13BrFNO3. The van der Waals surface area contributed by atoms with Gasteiger partial charge < -0.3 is 4.74 Å². The molecule has 0 saturated heterocycles. The number of anilines is 1. The third-order valence-corrected chi connectivity index (χ3v) is 4.95. The van der Waals surface area contributed by atoms with E-state index in [0.717, 1.165) is 10.0 Å². The maximum Gasteiger partial charge on any atom is 0.336 e. The second kappa shape index (κ2) is 6.11. The molecule has 4 nitrogen and oxygen atoms in total. The molecule has 0 N–H and O–H groups in total. The summed E-state index contributed by atoms with van der Waals surface area (Å²) in [7, 11) is 0. The average molecular weight is 402 g/mol. The first-order valence-corrected chi connectivity index (χ1v) is 8.58. The molecule has 1 atom stereocenters. The summed E-state index contributed by atoms with van der Waals surface area (Å²) in [5.74, 6) is -1.31. The number of cyclic esters (lactones) is 1. The number of hydrogen-bond donors (Lipinski definition) is 0. The first kappa shape index (κ1) is 16.0. The maximum absolute atomic E-state index is 13.2. The monoisotopic (exact) mass is 401 g/mol. The number of hydrogen-bond acceptors (Lipinski definition) is 3. The molecule has 6 heteroatoms. The van der Waals surface area contributed by atoms with Crippen LogP contribution in [-0.2, 0) is 14.3 Å². The van der Waals surface area contributed by atoms with Crippen LogP contribution in [-0.4, -0.2) is 18.5 Å². The lowest BCUT2D eigenvalue weighted by atomic mass is 9.84. The fourth-order valence-corrected chi connectivity index (χ4v) is 3.74. The topological polar surface area (TPSA) is 46.6 Å². The average Bonchev–Trinajstić information content (AvgIpc) is 2.96. The van der Waals surface area contributed by atoms with Crippen LogP contribution < -0.4 is 4.90 Å². The van der Waals surface area contributed by atoms with Crippen molar-refractivity contribution >= 4 is 33.5 Å². The molecule has 2 heterocycles. The molecule has 0 radical (unpaired) electrons. The third kappa shape index (κ3) is 2.76. The molecule has 0 aliphatic carbocycles. The van der Waals surface area contributed by atoms with Crippen LogP contribution in [0.25, 0.3) is 0 Å². The van der Waals surface area contributed by atoms with E-state index in [0.29, 0.717) is 17.0 Å². The molecule has 0 bridgehead atoms. The van der Waals surface area contributed by atoms with Gasteiger partial charge in [-0.1, -0.05) is 34.1 Å². The highest BCUT2D eigenvalue weighted by Gasteiger charge is 2.42. The summed E-state index contributed by atoms with van der Waals surface area (Å²) in [4.78, 5) is 26.7. The molecule has 2 aromatic rings. The van der Waals surface area contributed by atoms with Gasteiger partial charge in [0, 0.05) is 22.5 Å². The number of benzene rings is 2. The minimum absolute atomic E-state index is 0.0596. The zero-order valence-electron chi connectivity index (χ0n) is 13.0. The molecule has 0 saturated carbocycles. The summed E-state index contributed by atoms with van der Waals surface area (Å²) >= 11 is 3.40. The molecular weight excluding hydrogens is 389 g/mol. The van der Waals surface area contributed by atoms with Gasteiger partial charge in [-0.15, -0.1) is 0 Å². The van der Waals surface area contributed by atoms with Crippen LogP contribution in [0.2, 0.25) is 0 Å². The number of esters is 1. The smallest absolute Gasteiger partial charge is 0.336 e. The van der Waals surface area contributed by atoms with Gasteiger partial charge in [0.25, 0.3) is 0 Å². The van der Waals surface area contributed by atoms with E-state index in [9.17, 15) is 14.0 Å². The van der Waals surface area contributed by atoms with Crippen molar-refractivity contribution < 1.29 is 18.7 Å². The quantitative estimate of drug-likeness (QED) is 0.716. The number of carbonyl (C=O) groups excluding carboxylic acids is 2. The Hall–Kier alpha value is -2.47. The Balaban J connectivity index is 1.83. The summed E-state index contributed by atoms with van der Waals surface area (Å²) in [5, 5.41) is 0. The van der Waals surface area contributed by atoms with E-state index in [4.69, 9.17) is 4.74 Å². The standard InChI is InChI=1S/C19H13BrFNO3/c20-12-2-1-3-14(8-12)22-16-10-25-19(24)18(16)15(9-17(22)23)11-4-6-13(21)7-5-11/h1-8,15H,9-10H2. The van der Waals surface area contributed by atoms with Crippen LogP contribution in [0.1, 0.15) is 17.9 Å². The van der Waals surface area contributed by atoms with E-state index < -0.39 is 11.9 Å². The Morgan fingerprint density at radius 2 is 1.88 bits per heavy atom. The van der Waals surface area contributed by atoms with Crippen LogP contribution in [0.15, 0.2) is 64.3 Å². The number of nitrogens with zero attached hydrogens (tertiary/aromatic N) is 1. The van der Waals surface area contributed by atoms with Crippen molar-refractivity contribution in [1.29, 1.82) is 0 Å². The van der Waals surface area contributed by atoms with E-state index in [-0.39, 0.29) is 24.8 Å². The third-order valence-electron chi connectivity index (χ3n) is 4.46. The van der Waals surface area contributed by atoms with Crippen LogP contribution in [0.5, 0.6) is 0 Å². The fraction of sp³-hybridized carbons (Fsp3) is 0.158. The van der Waals surface area contributed by atoms with Gasteiger partial charge in [0.1, 0.15) is 12.4 Å². The largest absolute Gasteiger partial charge is 0.456 e. The van der Waals surface area contributed by atoms with Crippen LogP contribution in [0.3, 0.4) is 0 Å². The zero-order chi connectivity index (χ0) is 17.6. The molecule has 4 rings (SSSR count). The molecule has 0 aromatic heterocycles. The molecule has 1 unspecified atom stereocenters. The van der Waals surface area contributed by atoms with Crippen molar-refractivity contribution in [3.63, 3.8) is 0 Å². The summed E-state index contributed by atoms with van der Waals surface area (Å²) in [5.41, 5.74) is 2.46. The minimum atomic E-state index is -0.420. The van der Waals surface area contributed by atoms with E-state index >= 15 is 0 Å². The van der Waals surface area contributed by atoms with Crippen molar-refractivity contribution in [2.45, 2.75) is 12.3 Å². The lowest BCUT2D eigenvalue weighted by molar-refractivity contribution is -0.136. The zero-order valence-corrected chi connectivity index (χ0v) is 14.6. The number of carbonyl (C=O) groups is 2. The van der Waals surface area contributed by atoms with E-state index in [1.165, 1.54) is 12.1 Å². The first-order valence-electron chi connectivity index (χ1n) is 7.79. The van der Waals surface area contributed by atoms with Crippen molar-refractivity contribution in [2.75, 3.05) is 11.5 Å². The molecule has 2 aromatic carbocycles. The maximum atomic E-state index is 13.2. The summed E-state index contributed by atoms with van der Waals surface area (Å²) in [6.07, 6.45) is 0.131. The number of amides is 1. The Labute approximate surface area is 152 Å². The van der Waals surface area contributed by atoms with Gasteiger partial charge in [-0.3, -0.25) is 9.69 Å². The Morgan fingerprint density at radius 3 is 2.60 bits per heavy atom. The summed E-state index contributed by atoms with van der Waals surface area (Å²) in [6, 6.07) is 13.2. The molecule has 1 amide bonds. The normalized spacial score (nSPS) is 19.9. The predicted octanol–water partition coefficient (Wildman–Crippen LogP) is 3.92. The fourth-order valence-electron chi connectivity index (χ4n) is 3.35. The van der Waals surface area contributed by atoms with Gasteiger partial charge in [-0.05, 0) is 35.9 Å². The minimum Gasteiger partial charge on any atom is -0.456 e. The number of ether oxygens (including phenoxy) is 1. The lowest BCUT2D eigenvalue weighted by Crippen LogP contribution is -2.37. The highest BCUT2D eigenvalue weighted by molar-refractivity contribution is 9.10. The molecule has 0 fully saturated rings. The van der Waals surface area contributed by atoms with Gasteiger partial charge in [0.15, 0.2) is 0 Å². The molecule has 2 aliphatic rings. The van der Waals surface area contributed by atoms with E-state index in [2.05, 4.69) is 15.9 Å². The highest BCUT2D eigenvalue weighted by Crippen LogP contribution is 2.42. The van der Waals surface area contributed by atoms with Gasteiger partial charge in [0.2, 0.25) is 5.91 Å². The van der Waals surface area contributed by atoms with E-state index in [1.54, 1.807) is 17.0 Å². The first-order chi connectivity index (χ1) is 12.0. The van der Waals surface area contributed by atoms with Crippen molar-refractivity contribution in [1.82, 2.24) is 0 Å². The predicted molar refractivity (Wildman–Crippen MR) is 93.4 cm³/mol. The van der Waals surface area contributed by atoms with Crippen molar-refractivity contribution in [2.24, 2.45) is 0 Å². The second-order valence-electron chi connectivity index (χ2n) is 5.95. The summed E-state index contributed by atoms with van der Waals surface area (Å²) in [6.45, 7) is 0.0596. The second-order valence-corrected chi connectivity index (χ2v) is 6.87. The number of halogens is 2. The Morgan fingerprint density at radius 1 is 1.12 bits per heavy atom. The van der Waals surface area contributed by atoms with Crippen LogP contribution >= 0.6 is 15.9 Å². The SMILES string of the molecule is O=C1OCC2=C1C(c1ccc(F)cc1)CC(=O)N2c1cccc(Br)c1. The van der Waals surface area contributed by atoms with Crippen molar-refractivity contribution in [3.8, 4) is 0 Å².